The van der Waals surface area contributed by atoms with Gasteiger partial charge in [-0.25, -0.2) is 0 Å². The molecule has 0 saturated carbocycles. The van der Waals surface area contributed by atoms with Crippen LogP contribution in [0.5, 0.6) is 11.5 Å². The van der Waals surface area contributed by atoms with Crippen LogP contribution < -0.4 is 9.47 Å². The summed E-state index contributed by atoms with van der Waals surface area (Å²) in [5.41, 5.74) is 3.74. The topological polar surface area (TPSA) is 81.7 Å². The Morgan fingerprint density at radius 2 is 1.62 bits per heavy atom. The second-order valence-electron chi connectivity index (χ2n) is 7.38. The Kier molecular flexibility index (Phi) is 7.53. The zero-order chi connectivity index (χ0) is 23.5. The zero-order valence-electron chi connectivity index (χ0n) is 19.2. The molecule has 1 aromatic rings. The van der Waals surface area contributed by atoms with Crippen LogP contribution >= 0.6 is 0 Å². The Bertz CT molecular complexity index is 942. The molecule has 8 nitrogen and oxygen atoms in total. The number of methoxy groups -OCH3 is 4. The first-order chi connectivity index (χ1) is 15.4. The van der Waals surface area contributed by atoms with Crippen LogP contribution in [-0.2, 0) is 41.5 Å². The Morgan fingerprint density at radius 3 is 2.16 bits per heavy atom. The van der Waals surface area contributed by atoms with Gasteiger partial charge < -0.3 is 33.2 Å². The van der Waals surface area contributed by atoms with Crippen molar-refractivity contribution < 1.29 is 38.0 Å². The van der Waals surface area contributed by atoms with Crippen molar-refractivity contribution >= 4 is 17.4 Å². The highest BCUT2D eigenvalue weighted by Crippen LogP contribution is 2.54. The smallest absolute Gasteiger partial charge is 0.262 e. The van der Waals surface area contributed by atoms with E-state index in [0.717, 1.165) is 11.1 Å². The lowest BCUT2D eigenvalue weighted by Crippen LogP contribution is -2.53. The molecule has 0 fully saturated rings. The number of hydrogen-bond donors (Lipinski definition) is 0. The van der Waals surface area contributed by atoms with Gasteiger partial charge in [0.2, 0.25) is 5.78 Å². The molecular formula is C24H30O8. The predicted molar refractivity (Wildman–Crippen MR) is 118 cm³/mol. The van der Waals surface area contributed by atoms with Gasteiger partial charge >= 0.3 is 0 Å². The summed E-state index contributed by atoms with van der Waals surface area (Å²) in [6.45, 7) is 10.1. The number of carbonyl (C=O) groups excluding carboxylic acids is 1. The molecule has 0 spiro atoms. The minimum atomic E-state index is -1.61. The molecule has 1 unspecified atom stereocenters. The number of carbonyl (C=O) groups is 1. The maximum absolute atomic E-state index is 12.9. The SMILES string of the molecule is C=CC1=C(c2c(C=C)c(OCOC)c3c(c2OCOC)COC(C)C3)C(OC)(OC)C1=O. The summed E-state index contributed by atoms with van der Waals surface area (Å²) in [5, 5.41) is 0. The van der Waals surface area contributed by atoms with Crippen molar-refractivity contribution in [3.8, 4) is 11.5 Å². The molecule has 1 aliphatic heterocycles. The summed E-state index contributed by atoms with van der Waals surface area (Å²) in [6.07, 6.45) is 3.73. The number of ether oxygens (including phenoxy) is 7. The Hall–Kier alpha value is -2.49. The summed E-state index contributed by atoms with van der Waals surface area (Å²) in [5.74, 6) is -0.860. The highest BCUT2D eigenvalue weighted by molar-refractivity contribution is 6.26. The second kappa shape index (κ2) is 9.97. The van der Waals surface area contributed by atoms with Crippen molar-refractivity contribution in [2.75, 3.05) is 42.0 Å². The maximum Gasteiger partial charge on any atom is 0.262 e. The van der Waals surface area contributed by atoms with Crippen LogP contribution in [0.4, 0.5) is 0 Å². The molecule has 174 valence electrons. The largest absolute Gasteiger partial charge is 0.467 e. The fourth-order valence-corrected chi connectivity index (χ4v) is 4.25. The van der Waals surface area contributed by atoms with Gasteiger partial charge in [0.15, 0.2) is 13.6 Å². The molecule has 0 aromatic heterocycles. The van der Waals surface area contributed by atoms with Crippen LogP contribution in [-0.4, -0.2) is 59.7 Å². The summed E-state index contributed by atoms with van der Waals surface area (Å²) in [7, 11) is 5.91. The van der Waals surface area contributed by atoms with Crippen LogP contribution in [0.3, 0.4) is 0 Å². The standard InChI is InChI=1S/C24H30O8/c1-8-15-19(20-16(9-2)23(25)24(20,28-6)29-7)22(32-13-27-5)18-11-30-14(3)10-17(18)21(15)31-12-26-4/h8-9,14H,1-2,10-13H2,3-7H3. The summed E-state index contributed by atoms with van der Waals surface area (Å²) in [4.78, 5) is 12.9. The lowest BCUT2D eigenvalue weighted by molar-refractivity contribution is -0.183. The van der Waals surface area contributed by atoms with Crippen LogP contribution in [0.25, 0.3) is 11.6 Å². The minimum absolute atomic E-state index is 0.0124. The van der Waals surface area contributed by atoms with E-state index in [4.69, 9.17) is 33.2 Å². The first kappa shape index (κ1) is 24.2. The highest BCUT2D eigenvalue weighted by Gasteiger charge is 2.56. The van der Waals surface area contributed by atoms with Crippen molar-refractivity contribution in [1.82, 2.24) is 0 Å². The zero-order valence-corrected chi connectivity index (χ0v) is 19.2. The molecule has 3 rings (SSSR count). The fraction of sp³-hybridized carbons (Fsp3) is 0.458. The molecule has 8 heteroatoms. The molecule has 2 aliphatic rings. The normalized spacial score (nSPS) is 19.3. The van der Waals surface area contributed by atoms with Gasteiger partial charge in [-0.05, 0) is 6.92 Å². The fourth-order valence-electron chi connectivity index (χ4n) is 4.25. The summed E-state index contributed by atoms with van der Waals surface area (Å²) >= 11 is 0. The highest BCUT2D eigenvalue weighted by atomic mass is 16.7. The lowest BCUT2D eigenvalue weighted by Gasteiger charge is -2.42. The van der Waals surface area contributed by atoms with E-state index < -0.39 is 5.79 Å². The number of Topliss-reactive ketones (excluding diaryl/α,β-unsaturated/α-hetero) is 1. The van der Waals surface area contributed by atoms with E-state index in [0.29, 0.717) is 46.8 Å². The number of rotatable bonds is 11. The van der Waals surface area contributed by atoms with Crippen LogP contribution in [0, 0.1) is 0 Å². The molecule has 1 aliphatic carbocycles. The van der Waals surface area contributed by atoms with Gasteiger partial charge in [-0.2, -0.15) is 0 Å². The number of allylic oxidation sites excluding steroid dienone is 1. The van der Waals surface area contributed by atoms with E-state index in [1.165, 1.54) is 27.4 Å². The van der Waals surface area contributed by atoms with Gasteiger partial charge in [-0.1, -0.05) is 25.3 Å². The second-order valence-corrected chi connectivity index (χ2v) is 7.38. The maximum atomic E-state index is 12.9. The van der Waals surface area contributed by atoms with Gasteiger partial charge in [0.1, 0.15) is 11.5 Å². The van der Waals surface area contributed by atoms with Crippen molar-refractivity contribution in [1.29, 1.82) is 0 Å². The van der Waals surface area contributed by atoms with E-state index in [1.54, 1.807) is 13.2 Å². The van der Waals surface area contributed by atoms with Crippen molar-refractivity contribution in [2.24, 2.45) is 0 Å². The van der Waals surface area contributed by atoms with Gasteiger partial charge in [-0.3, -0.25) is 4.79 Å². The molecule has 0 amide bonds. The first-order valence-electron chi connectivity index (χ1n) is 10.2. The quantitative estimate of drug-likeness (QED) is 0.479. The third-order valence-electron chi connectivity index (χ3n) is 5.67. The third-order valence-corrected chi connectivity index (χ3v) is 5.67. The van der Waals surface area contributed by atoms with Crippen molar-refractivity contribution in [3.63, 3.8) is 0 Å². The third kappa shape index (κ3) is 3.68. The molecular weight excluding hydrogens is 416 g/mol. The van der Waals surface area contributed by atoms with E-state index in [-0.39, 0.29) is 25.5 Å². The molecule has 0 N–H and O–H groups in total. The average Bonchev–Trinajstić information content (AvgIpc) is 2.80. The Morgan fingerprint density at radius 1 is 1.00 bits per heavy atom. The van der Waals surface area contributed by atoms with Gasteiger partial charge in [0, 0.05) is 68.3 Å². The average molecular weight is 446 g/mol. The number of ketones is 1. The van der Waals surface area contributed by atoms with Crippen molar-refractivity contribution in [3.05, 3.63) is 47.1 Å². The minimum Gasteiger partial charge on any atom is -0.467 e. The van der Waals surface area contributed by atoms with Crippen LogP contribution in [0.15, 0.2) is 24.8 Å². The molecule has 1 aromatic carbocycles. The van der Waals surface area contributed by atoms with E-state index >= 15 is 0 Å². The molecule has 0 radical (unpaired) electrons. The van der Waals surface area contributed by atoms with Gasteiger partial charge in [0.25, 0.3) is 5.79 Å². The van der Waals surface area contributed by atoms with Crippen LogP contribution in [0.2, 0.25) is 0 Å². The Labute approximate surface area is 188 Å². The molecule has 0 bridgehead atoms. The van der Waals surface area contributed by atoms with Gasteiger partial charge in [-0.15, -0.1) is 0 Å². The van der Waals surface area contributed by atoms with Crippen LogP contribution in [0.1, 0.15) is 29.2 Å². The molecule has 1 heterocycles. The summed E-state index contributed by atoms with van der Waals surface area (Å²) < 4.78 is 39.5. The van der Waals surface area contributed by atoms with E-state index in [1.807, 2.05) is 6.92 Å². The van der Waals surface area contributed by atoms with Crippen molar-refractivity contribution in [2.45, 2.75) is 31.8 Å². The molecule has 1 atom stereocenters. The van der Waals surface area contributed by atoms with E-state index in [2.05, 4.69) is 13.2 Å². The molecule has 32 heavy (non-hydrogen) atoms. The van der Waals surface area contributed by atoms with Gasteiger partial charge in [0.05, 0.1) is 12.7 Å². The number of fused-ring (bicyclic) bond motifs is 1. The Balaban J connectivity index is 2.43. The molecule has 0 saturated heterocycles. The lowest BCUT2D eigenvalue weighted by atomic mass is 9.73. The number of hydrogen-bond acceptors (Lipinski definition) is 8. The predicted octanol–water partition coefficient (Wildman–Crippen LogP) is 3.27. The number of benzene rings is 1. The summed E-state index contributed by atoms with van der Waals surface area (Å²) in [6, 6.07) is 0. The monoisotopic (exact) mass is 446 g/mol. The van der Waals surface area contributed by atoms with E-state index in [9.17, 15) is 4.79 Å². The first-order valence-corrected chi connectivity index (χ1v) is 10.2.